The fraction of sp³-hybridized carbons (Fsp3) is 0.300. The maximum absolute atomic E-state index is 14.4. The molecule has 1 aliphatic carbocycles. The standard InChI is InChI=1S/C20H21FN2O3/c1-22-19(24)14-6-4-5-13(11-14)17-12-16(9-10-18(17)21)23(20(25)26)15-7-2-3-8-15/h4-6,9-12,15H,2-3,7-8H2,1H3,(H,22,24)(H,25,26). The second-order valence-corrected chi connectivity index (χ2v) is 6.41. The fourth-order valence-electron chi connectivity index (χ4n) is 3.50. The predicted molar refractivity (Wildman–Crippen MR) is 98.0 cm³/mol. The zero-order valence-corrected chi connectivity index (χ0v) is 14.5. The van der Waals surface area contributed by atoms with Gasteiger partial charge in [0.15, 0.2) is 0 Å². The molecule has 5 nitrogen and oxygen atoms in total. The lowest BCUT2D eigenvalue weighted by Gasteiger charge is -2.26. The minimum atomic E-state index is -1.03. The maximum Gasteiger partial charge on any atom is 0.412 e. The van der Waals surface area contributed by atoms with Crippen molar-refractivity contribution in [1.82, 2.24) is 5.32 Å². The molecule has 0 radical (unpaired) electrons. The Kier molecular flexibility index (Phi) is 5.21. The largest absolute Gasteiger partial charge is 0.465 e. The van der Waals surface area contributed by atoms with Crippen LogP contribution in [0.15, 0.2) is 42.5 Å². The molecule has 1 saturated carbocycles. The topological polar surface area (TPSA) is 69.6 Å². The molecule has 2 aromatic carbocycles. The van der Waals surface area contributed by atoms with Crippen LogP contribution >= 0.6 is 0 Å². The molecule has 0 unspecified atom stereocenters. The van der Waals surface area contributed by atoms with Gasteiger partial charge >= 0.3 is 6.09 Å². The number of carbonyl (C=O) groups is 2. The monoisotopic (exact) mass is 356 g/mol. The Hall–Kier alpha value is -2.89. The summed E-state index contributed by atoms with van der Waals surface area (Å²) in [7, 11) is 1.53. The van der Waals surface area contributed by atoms with Gasteiger partial charge in [0.25, 0.3) is 5.91 Å². The summed E-state index contributed by atoms with van der Waals surface area (Å²) in [6.45, 7) is 0. The molecular weight excluding hydrogens is 335 g/mol. The van der Waals surface area contributed by atoms with Crippen molar-refractivity contribution in [3.05, 3.63) is 53.8 Å². The molecule has 0 heterocycles. The summed E-state index contributed by atoms with van der Waals surface area (Å²) < 4.78 is 14.4. The van der Waals surface area contributed by atoms with Gasteiger partial charge in [-0.25, -0.2) is 9.18 Å². The van der Waals surface area contributed by atoms with Crippen LogP contribution in [0.5, 0.6) is 0 Å². The van der Waals surface area contributed by atoms with Crippen molar-refractivity contribution < 1.29 is 19.1 Å². The Morgan fingerprint density at radius 1 is 1.15 bits per heavy atom. The Morgan fingerprint density at radius 3 is 2.54 bits per heavy atom. The lowest BCUT2D eigenvalue weighted by atomic mass is 10.0. The SMILES string of the molecule is CNC(=O)c1cccc(-c2cc(N(C(=O)O)C3CCCC3)ccc2F)c1. The van der Waals surface area contributed by atoms with E-state index in [1.165, 1.54) is 24.1 Å². The molecule has 3 rings (SSSR count). The zero-order valence-electron chi connectivity index (χ0n) is 14.5. The number of nitrogens with one attached hydrogen (secondary N) is 1. The molecule has 26 heavy (non-hydrogen) atoms. The van der Waals surface area contributed by atoms with Crippen LogP contribution in [0.2, 0.25) is 0 Å². The molecule has 136 valence electrons. The lowest BCUT2D eigenvalue weighted by molar-refractivity contribution is 0.0963. The van der Waals surface area contributed by atoms with Crippen molar-refractivity contribution >= 4 is 17.7 Å². The van der Waals surface area contributed by atoms with E-state index in [2.05, 4.69) is 5.32 Å². The van der Waals surface area contributed by atoms with Crippen LogP contribution in [0, 0.1) is 5.82 Å². The number of halogens is 1. The predicted octanol–water partition coefficient (Wildman–Crippen LogP) is 4.28. The van der Waals surface area contributed by atoms with Crippen molar-refractivity contribution in [1.29, 1.82) is 0 Å². The first-order valence-electron chi connectivity index (χ1n) is 8.65. The third-order valence-corrected chi connectivity index (χ3v) is 4.79. The van der Waals surface area contributed by atoms with Crippen molar-refractivity contribution in [2.24, 2.45) is 0 Å². The van der Waals surface area contributed by atoms with Crippen molar-refractivity contribution in [3.63, 3.8) is 0 Å². The first kappa shape index (κ1) is 17.9. The van der Waals surface area contributed by atoms with E-state index in [0.717, 1.165) is 25.7 Å². The number of benzene rings is 2. The number of hydrogen-bond acceptors (Lipinski definition) is 2. The van der Waals surface area contributed by atoms with Gasteiger partial charge in [-0.3, -0.25) is 9.69 Å². The summed E-state index contributed by atoms with van der Waals surface area (Å²) in [5.74, 6) is -0.721. The molecule has 6 heteroatoms. The highest BCUT2D eigenvalue weighted by Crippen LogP contribution is 2.33. The molecule has 2 amide bonds. The Morgan fingerprint density at radius 2 is 1.88 bits per heavy atom. The van der Waals surface area contributed by atoms with Crippen LogP contribution in [0.4, 0.5) is 14.9 Å². The van der Waals surface area contributed by atoms with E-state index in [9.17, 15) is 19.1 Å². The number of carbonyl (C=O) groups excluding carboxylic acids is 1. The van der Waals surface area contributed by atoms with Crippen LogP contribution in [0.3, 0.4) is 0 Å². The molecule has 0 spiro atoms. The van der Waals surface area contributed by atoms with Gasteiger partial charge in [0.2, 0.25) is 0 Å². The smallest absolute Gasteiger partial charge is 0.412 e. The van der Waals surface area contributed by atoms with Crippen LogP contribution < -0.4 is 10.2 Å². The minimum absolute atomic E-state index is 0.0805. The molecule has 1 fully saturated rings. The van der Waals surface area contributed by atoms with E-state index in [1.807, 2.05) is 0 Å². The molecule has 2 aromatic rings. The molecule has 0 bridgehead atoms. The van der Waals surface area contributed by atoms with E-state index in [1.54, 1.807) is 30.3 Å². The number of carboxylic acid groups (broad SMARTS) is 1. The zero-order chi connectivity index (χ0) is 18.7. The van der Waals surface area contributed by atoms with Crippen LogP contribution in [0.25, 0.3) is 11.1 Å². The highest BCUT2D eigenvalue weighted by atomic mass is 19.1. The Labute approximate surface area is 151 Å². The number of nitrogens with zero attached hydrogens (tertiary/aromatic N) is 1. The van der Waals surface area contributed by atoms with Gasteiger partial charge in [0.1, 0.15) is 5.82 Å². The third kappa shape index (κ3) is 3.54. The quantitative estimate of drug-likeness (QED) is 0.859. The van der Waals surface area contributed by atoms with Crippen molar-refractivity contribution in [2.75, 3.05) is 11.9 Å². The Bertz CT molecular complexity index is 832. The number of anilines is 1. The maximum atomic E-state index is 14.4. The van der Waals surface area contributed by atoms with Crippen molar-refractivity contribution in [2.45, 2.75) is 31.7 Å². The van der Waals surface area contributed by atoms with E-state index in [0.29, 0.717) is 16.8 Å². The third-order valence-electron chi connectivity index (χ3n) is 4.79. The normalized spacial score (nSPS) is 14.2. The number of amides is 2. The lowest BCUT2D eigenvalue weighted by Crippen LogP contribution is -2.37. The van der Waals surface area contributed by atoms with Gasteiger partial charge < -0.3 is 10.4 Å². The fourth-order valence-corrected chi connectivity index (χ4v) is 3.50. The van der Waals surface area contributed by atoms with Gasteiger partial charge in [-0.1, -0.05) is 25.0 Å². The average molecular weight is 356 g/mol. The Balaban J connectivity index is 2.02. The van der Waals surface area contributed by atoms with Gasteiger partial charge in [-0.2, -0.15) is 0 Å². The molecule has 2 N–H and O–H groups in total. The molecule has 0 aromatic heterocycles. The van der Waals surface area contributed by atoms with E-state index >= 15 is 0 Å². The number of hydrogen-bond donors (Lipinski definition) is 2. The summed E-state index contributed by atoms with van der Waals surface area (Å²) in [6, 6.07) is 10.9. The van der Waals surface area contributed by atoms with Gasteiger partial charge in [0.05, 0.1) is 0 Å². The summed E-state index contributed by atoms with van der Waals surface area (Å²) >= 11 is 0. The molecule has 1 aliphatic rings. The highest BCUT2D eigenvalue weighted by Gasteiger charge is 2.28. The summed E-state index contributed by atoms with van der Waals surface area (Å²) in [5, 5.41) is 12.2. The molecular formula is C20H21FN2O3. The van der Waals surface area contributed by atoms with E-state index < -0.39 is 11.9 Å². The van der Waals surface area contributed by atoms with E-state index in [4.69, 9.17) is 0 Å². The first-order chi connectivity index (χ1) is 12.5. The van der Waals surface area contributed by atoms with Gasteiger partial charge in [-0.15, -0.1) is 0 Å². The highest BCUT2D eigenvalue weighted by molar-refractivity contribution is 5.95. The van der Waals surface area contributed by atoms with Crippen molar-refractivity contribution in [3.8, 4) is 11.1 Å². The number of rotatable bonds is 4. The van der Waals surface area contributed by atoms with Gasteiger partial charge in [-0.05, 0) is 48.7 Å². The molecule has 0 saturated heterocycles. The first-order valence-corrected chi connectivity index (χ1v) is 8.65. The second kappa shape index (κ2) is 7.56. The van der Waals surface area contributed by atoms with Gasteiger partial charge in [0, 0.05) is 29.9 Å². The molecule has 0 atom stereocenters. The summed E-state index contributed by atoms with van der Waals surface area (Å²) in [4.78, 5) is 24.9. The van der Waals surface area contributed by atoms with Crippen LogP contribution in [0.1, 0.15) is 36.0 Å². The average Bonchev–Trinajstić information content (AvgIpc) is 3.16. The summed E-state index contributed by atoms with van der Waals surface area (Å²) in [6.07, 6.45) is 2.58. The van der Waals surface area contributed by atoms with Crippen LogP contribution in [-0.2, 0) is 0 Å². The molecule has 0 aliphatic heterocycles. The minimum Gasteiger partial charge on any atom is -0.465 e. The van der Waals surface area contributed by atoms with E-state index in [-0.39, 0.29) is 17.5 Å². The summed E-state index contributed by atoms with van der Waals surface area (Å²) in [5.41, 5.74) is 1.67. The second-order valence-electron chi connectivity index (χ2n) is 6.41. The van der Waals surface area contributed by atoms with Crippen LogP contribution in [-0.4, -0.2) is 30.2 Å².